The standard InChI is InChI=1S/C20H23ClN2O3/c1-15(26-19-7-5-17(21)6-8-19)20(25)23-11-9-22(10-12-23)14-16-3-2-4-18(24)13-16/h2-8,13,15,24H,9-12,14H2,1H3. The number of benzene rings is 2. The SMILES string of the molecule is CC(Oc1ccc(Cl)cc1)C(=O)N1CCN(Cc2cccc(O)c2)CC1. The summed E-state index contributed by atoms with van der Waals surface area (Å²) in [6.07, 6.45) is -0.534. The Kier molecular flexibility index (Phi) is 6.01. The van der Waals surface area contributed by atoms with Crippen LogP contribution in [0.4, 0.5) is 0 Å². The van der Waals surface area contributed by atoms with Crippen LogP contribution in [0.15, 0.2) is 48.5 Å². The number of amides is 1. The van der Waals surface area contributed by atoms with Crippen molar-refractivity contribution in [3.63, 3.8) is 0 Å². The molecule has 1 aliphatic rings. The number of rotatable bonds is 5. The maximum Gasteiger partial charge on any atom is 0.263 e. The molecule has 1 heterocycles. The van der Waals surface area contributed by atoms with E-state index in [1.54, 1.807) is 43.3 Å². The molecule has 1 amide bonds. The fourth-order valence-electron chi connectivity index (χ4n) is 3.06. The first kappa shape index (κ1) is 18.5. The number of carbonyl (C=O) groups excluding carboxylic acids is 1. The molecule has 1 fully saturated rings. The lowest BCUT2D eigenvalue weighted by atomic mass is 10.2. The molecule has 2 aromatic rings. The van der Waals surface area contributed by atoms with Crippen LogP contribution in [0, 0.1) is 0 Å². The monoisotopic (exact) mass is 374 g/mol. The molecule has 138 valence electrons. The molecule has 0 aliphatic carbocycles. The molecular weight excluding hydrogens is 352 g/mol. The topological polar surface area (TPSA) is 53.0 Å². The molecule has 1 N–H and O–H groups in total. The second kappa shape index (κ2) is 8.43. The summed E-state index contributed by atoms with van der Waals surface area (Å²) in [6, 6.07) is 14.3. The predicted molar refractivity (Wildman–Crippen MR) is 102 cm³/mol. The summed E-state index contributed by atoms with van der Waals surface area (Å²) >= 11 is 5.86. The Hall–Kier alpha value is -2.24. The number of hydrogen-bond acceptors (Lipinski definition) is 4. The summed E-state index contributed by atoms with van der Waals surface area (Å²) < 4.78 is 5.73. The molecule has 0 spiro atoms. The number of ether oxygens (including phenoxy) is 1. The first-order chi connectivity index (χ1) is 12.5. The van der Waals surface area contributed by atoms with Gasteiger partial charge in [0.25, 0.3) is 5.91 Å². The van der Waals surface area contributed by atoms with Gasteiger partial charge in [-0.2, -0.15) is 0 Å². The lowest BCUT2D eigenvalue weighted by Gasteiger charge is -2.35. The molecule has 5 nitrogen and oxygen atoms in total. The molecule has 3 rings (SSSR count). The molecule has 0 bridgehead atoms. The van der Waals surface area contributed by atoms with Gasteiger partial charge in [0.2, 0.25) is 0 Å². The molecule has 0 saturated carbocycles. The molecule has 1 saturated heterocycles. The van der Waals surface area contributed by atoms with Gasteiger partial charge in [0.15, 0.2) is 6.10 Å². The molecule has 1 aliphatic heterocycles. The zero-order valence-electron chi connectivity index (χ0n) is 14.8. The summed E-state index contributed by atoms with van der Waals surface area (Å²) in [6.45, 7) is 5.49. The van der Waals surface area contributed by atoms with Gasteiger partial charge in [-0.15, -0.1) is 0 Å². The predicted octanol–water partition coefficient (Wildman–Crippen LogP) is 3.16. The van der Waals surface area contributed by atoms with E-state index < -0.39 is 6.10 Å². The van der Waals surface area contributed by atoms with Gasteiger partial charge in [-0.05, 0) is 48.9 Å². The highest BCUT2D eigenvalue weighted by atomic mass is 35.5. The van der Waals surface area contributed by atoms with Crippen molar-refractivity contribution in [1.29, 1.82) is 0 Å². The number of nitrogens with zero attached hydrogens (tertiary/aromatic N) is 2. The summed E-state index contributed by atoms with van der Waals surface area (Å²) in [5.74, 6) is 0.916. The first-order valence-corrected chi connectivity index (χ1v) is 9.10. The Balaban J connectivity index is 1.49. The Morgan fingerprint density at radius 3 is 2.50 bits per heavy atom. The quantitative estimate of drug-likeness (QED) is 0.873. The Labute approximate surface area is 158 Å². The minimum Gasteiger partial charge on any atom is -0.508 e. The van der Waals surface area contributed by atoms with E-state index in [1.165, 1.54) is 0 Å². The minimum atomic E-state index is -0.534. The van der Waals surface area contributed by atoms with Gasteiger partial charge in [-0.3, -0.25) is 9.69 Å². The lowest BCUT2D eigenvalue weighted by molar-refractivity contribution is -0.139. The van der Waals surface area contributed by atoms with Gasteiger partial charge < -0.3 is 14.7 Å². The maximum atomic E-state index is 12.6. The first-order valence-electron chi connectivity index (χ1n) is 8.72. The van der Waals surface area contributed by atoms with E-state index in [-0.39, 0.29) is 11.7 Å². The van der Waals surface area contributed by atoms with E-state index in [1.807, 2.05) is 17.0 Å². The second-order valence-corrected chi connectivity index (χ2v) is 6.92. The smallest absolute Gasteiger partial charge is 0.263 e. The summed E-state index contributed by atoms with van der Waals surface area (Å²) in [5.41, 5.74) is 1.07. The van der Waals surface area contributed by atoms with Crippen LogP contribution >= 0.6 is 11.6 Å². The van der Waals surface area contributed by atoms with Crippen LogP contribution in [0.5, 0.6) is 11.5 Å². The number of piperazine rings is 1. The van der Waals surface area contributed by atoms with Crippen LogP contribution in [0.25, 0.3) is 0 Å². The number of halogens is 1. The van der Waals surface area contributed by atoms with Crippen LogP contribution in [0.2, 0.25) is 5.02 Å². The molecule has 1 unspecified atom stereocenters. The average Bonchev–Trinajstić information content (AvgIpc) is 2.64. The number of hydrogen-bond donors (Lipinski definition) is 1. The maximum absolute atomic E-state index is 12.6. The number of phenolic OH excluding ortho intramolecular Hbond substituents is 1. The zero-order chi connectivity index (χ0) is 18.5. The van der Waals surface area contributed by atoms with Gasteiger partial charge in [-0.25, -0.2) is 0 Å². The van der Waals surface area contributed by atoms with Crippen molar-refractivity contribution in [2.24, 2.45) is 0 Å². The van der Waals surface area contributed by atoms with Gasteiger partial charge in [0, 0.05) is 37.7 Å². The molecule has 26 heavy (non-hydrogen) atoms. The zero-order valence-corrected chi connectivity index (χ0v) is 15.5. The van der Waals surface area contributed by atoms with Crippen molar-refractivity contribution >= 4 is 17.5 Å². The summed E-state index contributed by atoms with van der Waals surface area (Å²) in [7, 11) is 0. The number of carbonyl (C=O) groups is 1. The van der Waals surface area contributed by atoms with Crippen molar-refractivity contribution in [2.45, 2.75) is 19.6 Å². The third-order valence-electron chi connectivity index (χ3n) is 4.47. The van der Waals surface area contributed by atoms with E-state index >= 15 is 0 Å². The fourth-order valence-corrected chi connectivity index (χ4v) is 3.19. The second-order valence-electron chi connectivity index (χ2n) is 6.49. The van der Waals surface area contributed by atoms with Crippen LogP contribution in [-0.4, -0.2) is 53.1 Å². The minimum absolute atomic E-state index is 0.00282. The summed E-state index contributed by atoms with van der Waals surface area (Å²) in [4.78, 5) is 16.7. The van der Waals surface area contributed by atoms with E-state index in [2.05, 4.69) is 4.90 Å². The largest absolute Gasteiger partial charge is 0.508 e. The molecular formula is C20H23ClN2O3. The van der Waals surface area contributed by atoms with E-state index in [4.69, 9.17) is 16.3 Å². The van der Waals surface area contributed by atoms with Crippen molar-refractivity contribution in [3.8, 4) is 11.5 Å². The van der Waals surface area contributed by atoms with E-state index in [9.17, 15) is 9.90 Å². The Morgan fingerprint density at radius 2 is 1.85 bits per heavy atom. The van der Waals surface area contributed by atoms with Crippen molar-refractivity contribution in [1.82, 2.24) is 9.80 Å². The average molecular weight is 375 g/mol. The van der Waals surface area contributed by atoms with Crippen LogP contribution in [0.3, 0.4) is 0 Å². The molecule has 0 aromatic heterocycles. The highest BCUT2D eigenvalue weighted by molar-refractivity contribution is 6.30. The van der Waals surface area contributed by atoms with Gasteiger partial charge in [-0.1, -0.05) is 23.7 Å². The van der Waals surface area contributed by atoms with E-state index in [0.717, 1.165) is 25.2 Å². The molecule has 0 radical (unpaired) electrons. The van der Waals surface area contributed by atoms with Gasteiger partial charge in [0.1, 0.15) is 11.5 Å². The molecule has 6 heteroatoms. The third kappa shape index (κ3) is 4.90. The van der Waals surface area contributed by atoms with Crippen LogP contribution < -0.4 is 4.74 Å². The van der Waals surface area contributed by atoms with Crippen LogP contribution in [0.1, 0.15) is 12.5 Å². The van der Waals surface area contributed by atoms with Gasteiger partial charge >= 0.3 is 0 Å². The Bertz CT molecular complexity index is 743. The molecule has 2 aromatic carbocycles. The highest BCUT2D eigenvalue weighted by Crippen LogP contribution is 2.18. The fraction of sp³-hybridized carbons (Fsp3) is 0.350. The number of aromatic hydroxyl groups is 1. The van der Waals surface area contributed by atoms with Crippen molar-refractivity contribution in [2.75, 3.05) is 26.2 Å². The normalized spacial score (nSPS) is 16.3. The van der Waals surface area contributed by atoms with Crippen molar-refractivity contribution < 1.29 is 14.6 Å². The third-order valence-corrected chi connectivity index (χ3v) is 4.73. The van der Waals surface area contributed by atoms with Crippen LogP contribution in [-0.2, 0) is 11.3 Å². The van der Waals surface area contributed by atoms with Gasteiger partial charge in [0.05, 0.1) is 0 Å². The molecule has 1 atom stereocenters. The van der Waals surface area contributed by atoms with E-state index in [0.29, 0.717) is 23.9 Å². The number of phenols is 1. The van der Waals surface area contributed by atoms with Crippen molar-refractivity contribution in [3.05, 3.63) is 59.1 Å². The lowest BCUT2D eigenvalue weighted by Crippen LogP contribution is -2.51. The Morgan fingerprint density at radius 1 is 1.15 bits per heavy atom. The highest BCUT2D eigenvalue weighted by Gasteiger charge is 2.26. The summed E-state index contributed by atoms with van der Waals surface area (Å²) in [5, 5.41) is 10.2.